The minimum Gasteiger partial charge on any atom is -0.493 e. The summed E-state index contributed by atoms with van der Waals surface area (Å²) in [4.78, 5) is 30.8. The minimum absolute atomic E-state index is 0.0620. The molecule has 1 saturated heterocycles. The Hall–Kier alpha value is -3.37. The van der Waals surface area contributed by atoms with Gasteiger partial charge in [-0.05, 0) is 24.7 Å². The molecular weight excluding hydrogens is 438 g/mol. The van der Waals surface area contributed by atoms with Gasteiger partial charge in [0.05, 0.1) is 31.3 Å². The smallest absolute Gasteiger partial charge is 0.286 e. The molecular formula is C24H33N5O5. The lowest BCUT2D eigenvalue weighted by Crippen LogP contribution is -2.48. The number of methoxy groups -OCH3 is 2. The van der Waals surface area contributed by atoms with Gasteiger partial charge in [-0.25, -0.2) is 0 Å². The van der Waals surface area contributed by atoms with Gasteiger partial charge in [0.2, 0.25) is 0 Å². The Morgan fingerprint density at radius 3 is 2.21 bits per heavy atom. The topological polar surface area (TPSA) is 100 Å². The molecule has 0 saturated carbocycles. The molecule has 1 N–H and O–H groups in total. The van der Waals surface area contributed by atoms with Crippen LogP contribution in [0.3, 0.4) is 0 Å². The van der Waals surface area contributed by atoms with Crippen LogP contribution in [0.15, 0.2) is 36.4 Å². The number of carbonyl (C=O) groups is 1. The number of amides is 1. The average molecular weight is 472 g/mol. The van der Waals surface area contributed by atoms with E-state index in [-0.39, 0.29) is 28.8 Å². The fraction of sp³-hybridized carbons (Fsp3) is 0.458. The number of anilines is 1. The maximum Gasteiger partial charge on any atom is 0.286 e. The third-order valence-corrected chi connectivity index (χ3v) is 6.17. The van der Waals surface area contributed by atoms with E-state index >= 15 is 0 Å². The first-order chi connectivity index (χ1) is 16.2. The molecule has 0 radical (unpaired) electrons. The Kier molecular flexibility index (Phi) is 8.30. The molecule has 1 unspecified atom stereocenters. The van der Waals surface area contributed by atoms with Crippen molar-refractivity contribution in [1.82, 2.24) is 15.1 Å². The quantitative estimate of drug-likeness (QED) is 0.440. The van der Waals surface area contributed by atoms with Crippen LogP contribution in [-0.4, -0.2) is 88.7 Å². The summed E-state index contributed by atoms with van der Waals surface area (Å²) in [6.45, 7) is 3.91. The summed E-state index contributed by atoms with van der Waals surface area (Å²) in [5.74, 6) is -0.0770. The largest absolute Gasteiger partial charge is 0.493 e. The van der Waals surface area contributed by atoms with Crippen molar-refractivity contribution in [2.24, 2.45) is 0 Å². The number of nitrogens with zero attached hydrogens (tertiary/aromatic N) is 4. The number of likely N-dealkylation sites (N-methyl/N-ethyl adjacent to an activating group) is 1. The summed E-state index contributed by atoms with van der Waals surface area (Å²) < 4.78 is 10.4. The van der Waals surface area contributed by atoms with E-state index in [9.17, 15) is 14.9 Å². The molecule has 184 valence electrons. The Morgan fingerprint density at radius 2 is 1.68 bits per heavy atom. The van der Waals surface area contributed by atoms with E-state index in [0.29, 0.717) is 6.54 Å². The van der Waals surface area contributed by atoms with Crippen LogP contribution in [0, 0.1) is 10.1 Å². The Balaban J connectivity index is 1.86. The molecule has 1 atom stereocenters. The van der Waals surface area contributed by atoms with Gasteiger partial charge in [0, 0.05) is 58.6 Å². The number of benzene rings is 2. The second-order valence-corrected chi connectivity index (χ2v) is 8.53. The van der Waals surface area contributed by atoms with Gasteiger partial charge in [0.15, 0.2) is 11.5 Å². The first-order valence-corrected chi connectivity index (χ1v) is 11.1. The maximum absolute atomic E-state index is 13.1. The monoisotopic (exact) mass is 471 g/mol. The summed E-state index contributed by atoms with van der Waals surface area (Å²) in [5.41, 5.74) is 1.77. The zero-order valence-electron chi connectivity index (χ0n) is 20.4. The van der Waals surface area contributed by atoms with Crippen LogP contribution in [0.2, 0.25) is 0 Å². The molecule has 2 aromatic carbocycles. The Bertz CT molecular complexity index is 1000. The molecule has 0 aliphatic carbocycles. The van der Waals surface area contributed by atoms with Crippen LogP contribution in [0.1, 0.15) is 22.0 Å². The van der Waals surface area contributed by atoms with Gasteiger partial charge in [-0.1, -0.05) is 12.1 Å². The average Bonchev–Trinajstić information content (AvgIpc) is 2.84. The van der Waals surface area contributed by atoms with E-state index in [1.54, 1.807) is 0 Å². The molecule has 3 rings (SSSR count). The summed E-state index contributed by atoms with van der Waals surface area (Å²) in [6, 6.07) is 10.8. The van der Waals surface area contributed by atoms with E-state index < -0.39 is 10.8 Å². The van der Waals surface area contributed by atoms with Crippen LogP contribution in [0.5, 0.6) is 11.5 Å². The predicted molar refractivity (Wildman–Crippen MR) is 131 cm³/mol. The van der Waals surface area contributed by atoms with Gasteiger partial charge in [-0.3, -0.25) is 19.8 Å². The van der Waals surface area contributed by atoms with E-state index in [1.165, 1.54) is 26.4 Å². The zero-order chi connectivity index (χ0) is 24.8. The van der Waals surface area contributed by atoms with Crippen molar-refractivity contribution in [3.05, 3.63) is 57.6 Å². The number of nitro groups is 1. The van der Waals surface area contributed by atoms with Crippen molar-refractivity contribution in [1.29, 1.82) is 0 Å². The van der Waals surface area contributed by atoms with Gasteiger partial charge >= 0.3 is 0 Å². The number of nitro benzene ring substituents is 1. The van der Waals surface area contributed by atoms with Crippen LogP contribution in [0.25, 0.3) is 0 Å². The standard InChI is InChI=1S/C24H33N5O5/c1-26(2)18-8-6-17(7-9-18)21(28-12-10-27(3)11-13-28)16-25-24(30)19-14-22(33-4)23(34-5)15-20(19)29(31)32/h6-9,14-15,21H,10-13,16H2,1-5H3,(H,25,30). The molecule has 1 aliphatic heterocycles. The number of nitrogens with one attached hydrogen (secondary N) is 1. The molecule has 1 fully saturated rings. The van der Waals surface area contributed by atoms with Crippen molar-refractivity contribution in [2.45, 2.75) is 6.04 Å². The first kappa shape index (κ1) is 25.3. The number of hydrogen-bond donors (Lipinski definition) is 1. The minimum atomic E-state index is -0.588. The second-order valence-electron chi connectivity index (χ2n) is 8.53. The van der Waals surface area contributed by atoms with Crippen molar-refractivity contribution in [2.75, 3.05) is 73.0 Å². The summed E-state index contributed by atoms with van der Waals surface area (Å²) in [7, 11) is 8.89. The van der Waals surface area contributed by atoms with Crippen molar-refractivity contribution in [3.8, 4) is 11.5 Å². The number of rotatable bonds is 9. The number of ether oxygens (including phenoxy) is 2. The van der Waals surface area contributed by atoms with Crippen molar-refractivity contribution < 1.29 is 19.2 Å². The van der Waals surface area contributed by atoms with E-state index in [4.69, 9.17) is 9.47 Å². The predicted octanol–water partition coefficient (Wildman–Crippen LogP) is 2.40. The fourth-order valence-electron chi connectivity index (χ4n) is 4.07. The molecule has 0 spiro atoms. The highest BCUT2D eigenvalue weighted by molar-refractivity contribution is 5.99. The van der Waals surface area contributed by atoms with Gasteiger partial charge in [0.1, 0.15) is 5.56 Å². The van der Waals surface area contributed by atoms with E-state index in [2.05, 4.69) is 46.4 Å². The van der Waals surface area contributed by atoms with Crippen LogP contribution in [0.4, 0.5) is 11.4 Å². The summed E-state index contributed by atoms with van der Waals surface area (Å²) in [5, 5.41) is 14.6. The lowest BCUT2D eigenvalue weighted by atomic mass is 10.0. The second kappa shape index (κ2) is 11.2. The highest BCUT2D eigenvalue weighted by Gasteiger charge is 2.28. The first-order valence-electron chi connectivity index (χ1n) is 11.1. The molecule has 0 aromatic heterocycles. The highest BCUT2D eigenvalue weighted by atomic mass is 16.6. The van der Waals surface area contributed by atoms with E-state index in [1.807, 2.05) is 19.0 Å². The summed E-state index contributed by atoms with van der Waals surface area (Å²) >= 11 is 0. The van der Waals surface area contributed by atoms with Gasteiger partial charge < -0.3 is 24.6 Å². The Labute approximate surface area is 200 Å². The summed E-state index contributed by atoms with van der Waals surface area (Å²) in [6.07, 6.45) is 0. The number of hydrogen-bond acceptors (Lipinski definition) is 8. The van der Waals surface area contributed by atoms with Crippen LogP contribution < -0.4 is 19.7 Å². The third kappa shape index (κ3) is 5.75. The zero-order valence-corrected chi connectivity index (χ0v) is 20.4. The van der Waals surface area contributed by atoms with Gasteiger partial charge in [0.25, 0.3) is 11.6 Å². The lowest BCUT2D eigenvalue weighted by molar-refractivity contribution is -0.385. The Morgan fingerprint density at radius 1 is 1.09 bits per heavy atom. The number of carbonyl (C=O) groups excluding carboxylic acids is 1. The molecule has 2 aromatic rings. The lowest BCUT2D eigenvalue weighted by Gasteiger charge is -2.38. The molecule has 1 amide bonds. The maximum atomic E-state index is 13.1. The molecule has 10 nitrogen and oxygen atoms in total. The van der Waals surface area contributed by atoms with Crippen LogP contribution in [-0.2, 0) is 0 Å². The molecule has 34 heavy (non-hydrogen) atoms. The molecule has 10 heteroatoms. The van der Waals surface area contributed by atoms with Crippen molar-refractivity contribution >= 4 is 17.3 Å². The highest BCUT2D eigenvalue weighted by Crippen LogP contribution is 2.34. The van der Waals surface area contributed by atoms with Crippen LogP contribution >= 0.6 is 0 Å². The SMILES string of the molecule is COc1cc(C(=O)NCC(c2ccc(N(C)C)cc2)N2CCN(C)CC2)c([N+](=O)[O-])cc1OC. The number of piperazine rings is 1. The molecule has 1 heterocycles. The third-order valence-electron chi connectivity index (χ3n) is 6.17. The normalized spacial score (nSPS) is 15.4. The van der Waals surface area contributed by atoms with Gasteiger partial charge in [-0.15, -0.1) is 0 Å². The molecule has 0 bridgehead atoms. The van der Waals surface area contributed by atoms with E-state index in [0.717, 1.165) is 37.4 Å². The van der Waals surface area contributed by atoms with Gasteiger partial charge in [-0.2, -0.15) is 0 Å². The van der Waals surface area contributed by atoms with Crippen molar-refractivity contribution in [3.63, 3.8) is 0 Å². The fourth-order valence-corrected chi connectivity index (χ4v) is 4.07. The molecule has 1 aliphatic rings.